The second-order valence-electron chi connectivity index (χ2n) is 7.35. The smallest absolute Gasteiger partial charge is 0.250 e. The monoisotopic (exact) mass is 410 g/mol. The normalized spacial score (nSPS) is 16.1. The summed E-state index contributed by atoms with van der Waals surface area (Å²) in [5, 5.41) is 7.10. The van der Waals surface area contributed by atoms with Gasteiger partial charge < -0.3 is 15.0 Å². The van der Waals surface area contributed by atoms with Crippen LogP contribution in [0.2, 0.25) is 0 Å². The Labute approximate surface area is 173 Å². The first-order chi connectivity index (χ1) is 14.4. The zero-order chi connectivity index (χ0) is 21.3. The molecule has 1 fully saturated rings. The van der Waals surface area contributed by atoms with Gasteiger partial charge in [0, 0.05) is 54.9 Å². The van der Waals surface area contributed by atoms with Crippen LogP contribution in [-0.4, -0.2) is 51.6 Å². The Bertz CT molecular complexity index is 1070. The van der Waals surface area contributed by atoms with Gasteiger partial charge in [0.25, 0.3) is 5.95 Å². The molecule has 0 unspecified atom stereocenters. The maximum absolute atomic E-state index is 14.8. The Morgan fingerprint density at radius 2 is 2.03 bits per heavy atom. The van der Waals surface area contributed by atoms with Crippen LogP contribution in [0.5, 0.6) is 0 Å². The van der Waals surface area contributed by atoms with E-state index in [0.717, 1.165) is 17.1 Å². The Kier molecular flexibility index (Phi) is 5.45. The summed E-state index contributed by atoms with van der Waals surface area (Å²) in [6.07, 6.45) is 3.07. The Hall–Kier alpha value is -3.33. The van der Waals surface area contributed by atoms with Gasteiger partial charge in [-0.1, -0.05) is 0 Å². The van der Waals surface area contributed by atoms with Crippen LogP contribution in [0, 0.1) is 19.7 Å². The van der Waals surface area contributed by atoms with Crippen molar-refractivity contribution in [2.45, 2.75) is 26.9 Å². The predicted octanol–water partition coefficient (Wildman–Crippen LogP) is 2.38. The minimum absolute atomic E-state index is 0.0986. The second-order valence-corrected chi connectivity index (χ2v) is 7.35. The molecule has 0 spiro atoms. The fourth-order valence-corrected chi connectivity index (χ4v) is 3.44. The minimum atomic E-state index is -0.361. The first kappa shape index (κ1) is 20.0. The number of carbonyl (C=O) groups excluding carboxylic acids is 1. The Morgan fingerprint density at radius 3 is 2.67 bits per heavy atom. The van der Waals surface area contributed by atoms with Crippen molar-refractivity contribution < 1.29 is 13.9 Å². The fourth-order valence-electron chi connectivity index (χ4n) is 3.44. The molecule has 0 aliphatic carbocycles. The molecule has 1 amide bonds. The van der Waals surface area contributed by atoms with Gasteiger partial charge in [0.15, 0.2) is 0 Å². The third kappa shape index (κ3) is 4.16. The molecule has 2 aromatic heterocycles. The van der Waals surface area contributed by atoms with Crippen molar-refractivity contribution in [3.63, 3.8) is 0 Å². The van der Waals surface area contributed by atoms with Gasteiger partial charge in [0.2, 0.25) is 5.91 Å². The number of nitrogens with zero attached hydrogens (tertiary/aromatic N) is 5. The van der Waals surface area contributed by atoms with Crippen molar-refractivity contribution in [3.05, 3.63) is 53.9 Å². The zero-order valence-corrected chi connectivity index (χ0v) is 17.1. The van der Waals surface area contributed by atoms with E-state index < -0.39 is 0 Å². The summed E-state index contributed by atoms with van der Waals surface area (Å²) in [6.45, 7) is 6.67. The third-order valence-corrected chi connectivity index (χ3v) is 4.93. The molecule has 3 aromatic rings. The molecule has 1 saturated heterocycles. The van der Waals surface area contributed by atoms with Crippen molar-refractivity contribution in [1.29, 1.82) is 0 Å². The van der Waals surface area contributed by atoms with E-state index in [1.165, 1.54) is 13.0 Å². The van der Waals surface area contributed by atoms with E-state index in [1.807, 2.05) is 30.9 Å². The molecule has 1 aromatic carbocycles. The molecule has 8 nitrogen and oxygen atoms in total. The minimum Gasteiger partial charge on any atom is -0.354 e. The quantitative estimate of drug-likeness (QED) is 0.695. The molecule has 1 aliphatic rings. The van der Waals surface area contributed by atoms with Crippen molar-refractivity contribution in [2.24, 2.45) is 0 Å². The number of hydrogen-bond acceptors (Lipinski definition) is 6. The maximum atomic E-state index is 14.8. The van der Waals surface area contributed by atoms with E-state index in [-0.39, 0.29) is 17.8 Å². The SMILES string of the molecule is CC(=O)NC[C@H]1CN(c2ccc(-c3cnc(-n4nc(C)cc4C)nc3)c(F)c2)CO1. The van der Waals surface area contributed by atoms with Gasteiger partial charge in [-0.2, -0.15) is 5.10 Å². The molecular weight excluding hydrogens is 387 g/mol. The predicted molar refractivity (Wildman–Crippen MR) is 110 cm³/mol. The summed E-state index contributed by atoms with van der Waals surface area (Å²) in [5.41, 5.74) is 3.55. The van der Waals surface area contributed by atoms with Gasteiger partial charge in [-0.25, -0.2) is 19.0 Å². The number of ether oxygens (including phenoxy) is 1. The van der Waals surface area contributed by atoms with Crippen molar-refractivity contribution in [3.8, 4) is 17.1 Å². The second kappa shape index (κ2) is 8.19. The number of benzene rings is 1. The standard InChI is InChI=1S/C21H23FN6O2/c1-13-6-14(2)28(26-13)21-24-8-16(9-25-21)19-5-4-17(7-20(19)22)27-11-18(30-12-27)10-23-15(3)29/h4-9,18H,10-12H2,1-3H3,(H,23,29)/t18-/m0/s1. The molecule has 1 atom stereocenters. The summed E-state index contributed by atoms with van der Waals surface area (Å²) in [7, 11) is 0. The van der Waals surface area contributed by atoms with Crippen LogP contribution in [0.1, 0.15) is 18.3 Å². The van der Waals surface area contributed by atoms with Crippen molar-refractivity contribution in [2.75, 3.05) is 24.7 Å². The van der Waals surface area contributed by atoms with Crippen LogP contribution < -0.4 is 10.2 Å². The molecule has 156 valence electrons. The van der Waals surface area contributed by atoms with Crippen LogP contribution in [0.25, 0.3) is 17.1 Å². The van der Waals surface area contributed by atoms with Crippen LogP contribution in [-0.2, 0) is 9.53 Å². The summed E-state index contributed by atoms with van der Waals surface area (Å²) in [5.74, 6) is -0.0142. The number of rotatable bonds is 5. The van der Waals surface area contributed by atoms with Gasteiger partial charge in [-0.05, 0) is 38.1 Å². The summed E-state index contributed by atoms with van der Waals surface area (Å²) >= 11 is 0. The number of anilines is 1. The average Bonchev–Trinajstić information content (AvgIpc) is 3.32. The number of amides is 1. The molecule has 1 N–H and O–H groups in total. The van der Waals surface area contributed by atoms with E-state index in [4.69, 9.17) is 4.74 Å². The fraction of sp³-hybridized carbons (Fsp3) is 0.333. The lowest BCUT2D eigenvalue weighted by molar-refractivity contribution is -0.119. The zero-order valence-electron chi connectivity index (χ0n) is 17.1. The molecule has 3 heterocycles. The largest absolute Gasteiger partial charge is 0.354 e. The maximum Gasteiger partial charge on any atom is 0.250 e. The van der Waals surface area contributed by atoms with Gasteiger partial charge in [0.05, 0.1) is 11.8 Å². The van der Waals surface area contributed by atoms with Crippen LogP contribution in [0.15, 0.2) is 36.7 Å². The number of aryl methyl sites for hydroxylation is 2. The van der Waals surface area contributed by atoms with Crippen molar-refractivity contribution >= 4 is 11.6 Å². The van der Waals surface area contributed by atoms with E-state index in [9.17, 15) is 9.18 Å². The number of carbonyl (C=O) groups is 1. The molecule has 4 rings (SSSR count). The van der Waals surface area contributed by atoms with Gasteiger partial charge >= 0.3 is 0 Å². The lowest BCUT2D eigenvalue weighted by Gasteiger charge is -2.17. The Balaban J connectivity index is 1.48. The molecule has 9 heteroatoms. The van der Waals surface area contributed by atoms with Gasteiger partial charge in [0.1, 0.15) is 12.5 Å². The number of halogens is 1. The first-order valence-corrected chi connectivity index (χ1v) is 9.67. The average molecular weight is 410 g/mol. The highest BCUT2D eigenvalue weighted by Gasteiger charge is 2.24. The lowest BCUT2D eigenvalue weighted by Crippen LogP contribution is -2.33. The molecule has 1 aliphatic heterocycles. The lowest BCUT2D eigenvalue weighted by atomic mass is 10.1. The molecular formula is C21H23FN6O2. The summed E-state index contributed by atoms with van der Waals surface area (Å²) < 4.78 is 22.1. The van der Waals surface area contributed by atoms with E-state index in [1.54, 1.807) is 23.1 Å². The topological polar surface area (TPSA) is 85.2 Å². The Morgan fingerprint density at radius 1 is 1.27 bits per heavy atom. The van der Waals surface area contributed by atoms with E-state index >= 15 is 0 Å². The third-order valence-electron chi connectivity index (χ3n) is 4.93. The number of hydrogen-bond donors (Lipinski definition) is 1. The summed E-state index contributed by atoms with van der Waals surface area (Å²) in [4.78, 5) is 21.7. The highest BCUT2D eigenvalue weighted by molar-refractivity contribution is 5.72. The van der Waals surface area contributed by atoms with E-state index in [0.29, 0.717) is 36.9 Å². The van der Waals surface area contributed by atoms with E-state index in [2.05, 4.69) is 20.4 Å². The van der Waals surface area contributed by atoms with Gasteiger partial charge in [-0.3, -0.25) is 4.79 Å². The molecule has 0 radical (unpaired) electrons. The first-order valence-electron chi connectivity index (χ1n) is 9.67. The van der Waals surface area contributed by atoms with Crippen molar-refractivity contribution in [1.82, 2.24) is 25.1 Å². The highest BCUT2D eigenvalue weighted by atomic mass is 19.1. The number of aromatic nitrogens is 4. The highest BCUT2D eigenvalue weighted by Crippen LogP contribution is 2.28. The summed E-state index contributed by atoms with van der Waals surface area (Å²) in [6, 6.07) is 6.98. The van der Waals surface area contributed by atoms with Crippen LogP contribution in [0.3, 0.4) is 0 Å². The molecule has 0 bridgehead atoms. The number of nitrogens with one attached hydrogen (secondary N) is 1. The van der Waals surface area contributed by atoms with Gasteiger partial charge in [-0.15, -0.1) is 0 Å². The van der Waals surface area contributed by atoms with Crippen LogP contribution in [0.4, 0.5) is 10.1 Å². The molecule has 0 saturated carbocycles. The molecule has 30 heavy (non-hydrogen) atoms. The van der Waals surface area contributed by atoms with Crippen LogP contribution >= 0.6 is 0 Å².